The van der Waals surface area contributed by atoms with E-state index in [0.717, 1.165) is 4.90 Å². The van der Waals surface area contributed by atoms with Gasteiger partial charge in [-0.05, 0) is 30.3 Å². The van der Waals surface area contributed by atoms with Gasteiger partial charge in [0.15, 0.2) is 0 Å². The van der Waals surface area contributed by atoms with Crippen molar-refractivity contribution in [2.75, 3.05) is 0 Å². The van der Waals surface area contributed by atoms with Crippen LogP contribution in [0.25, 0.3) is 0 Å². The van der Waals surface area contributed by atoms with Gasteiger partial charge in [0.05, 0.1) is 15.1 Å². The largest absolute Gasteiger partial charge is 0.456 e. The van der Waals surface area contributed by atoms with Crippen LogP contribution in [0.3, 0.4) is 0 Å². The molecule has 0 aliphatic carbocycles. The fourth-order valence-electron chi connectivity index (χ4n) is 1.22. The first-order valence-electron chi connectivity index (χ1n) is 4.67. The SMILES string of the molecule is Sc1ccc(Oc2cc(Cl)c(Cl)cc2Cl)cc1. The molecule has 0 fully saturated rings. The van der Waals surface area contributed by atoms with E-state index in [1.54, 1.807) is 24.3 Å². The summed E-state index contributed by atoms with van der Waals surface area (Å²) >= 11 is 21.9. The van der Waals surface area contributed by atoms with Gasteiger partial charge >= 0.3 is 0 Å². The fraction of sp³-hybridized carbons (Fsp3) is 0. The van der Waals surface area contributed by atoms with E-state index in [1.807, 2.05) is 12.1 Å². The highest BCUT2D eigenvalue weighted by Crippen LogP contribution is 2.36. The van der Waals surface area contributed by atoms with Crippen molar-refractivity contribution in [3.63, 3.8) is 0 Å². The van der Waals surface area contributed by atoms with Gasteiger partial charge in [0.2, 0.25) is 0 Å². The summed E-state index contributed by atoms with van der Waals surface area (Å²) in [4.78, 5) is 0.859. The molecule has 88 valence electrons. The quantitative estimate of drug-likeness (QED) is 0.551. The monoisotopic (exact) mass is 304 g/mol. The lowest BCUT2D eigenvalue weighted by atomic mass is 10.3. The second-order valence-electron chi connectivity index (χ2n) is 3.29. The van der Waals surface area contributed by atoms with Crippen molar-refractivity contribution in [2.24, 2.45) is 0 Å². The molecule has 17 heavy (non-hydrogen) atoms. The van der Waals surface area contributed by atoms with E-state index < -0.39 is 0 Å². The third-order valence-corrected chi connectivity index (χ3v) is 3.36. The Hall–Kier alpha value is -0.540. The number of ether oxygens (including phenoxy) is 1. The molecule has 0 unspecified atom stereocenters. The Morgan fingerprint density at radius 3 is 2.06 bits per heavy atom. The Morgan fingerprint density at radius 1 is 0.824 bits per heavy atom. The molecule has 0 bridgehead atoms. The maximum absolute atomic E-state index is 6.00. The summed E-state index contributed by atoms with van der Waals surface area (Å²) in [5, 5.41) is 1.21. The molecule has 0 aliphatic heterocycles. The van der Waals surface area contributed by atoms with Crippen molar-refractivity contribution in [2.45, 2.75) is 4.90 Å². The normalized spacial score (nSPS) is 10.4. The fourth-order valence-corrected chi connectivity index (χ4v) is 1.95. The summed E-state index contributed by atoms with van der Waals surface area (Å²) in [5.41, 5.74) is 0. The van der Waals surface area contributed by atoms with Gasteiger partial charge in [-0.25, -0.2) is 0 Å². The van der Waals surface area contributed by atoms with Crippen LogP contribution in [-0.4, -0.2) is 0 Å². The minimum Gasteiger partial charge on any atom is -0.456 e. The maximum Gasteiger partial charge on any atom is 0.147 e. The molecule has 0 heterocycles. The van der Waals surface area contributed by atoms with Gasteiger partial charge in [-0.3, -0.25) is 0 Å². The topological polar surface area (TPSA) is 9.23 Å². The van der Waals surface area contributed by atoms with Gasteiger partial charge in [-0.15, -0.1) is 12.6 Å². The van der Waals surface area contributed by atoms with E-state index in [0.29, 0.717) is 26.6 Å². The lowest BCUT2D eigenvalue weighted by Crippen LogP contribution is -1.85. The van der Waals surface area contributed by atoms with E-state index in [2.05, 4.69) is 12.6 Å². The van der Waals surface area contributed by atoms with E-state index in [4.69, 9.17) is 39.5 Å². The van der Waals surface area contributed by atoms with E-state index >= 15 is 0 Å². The molecule has 0 N–H and O–H groups in total. The highest BCUT2D eigenvalue weighted by Gasteiger charge is 2.08. The van der Waals surface area contributed by atoms with Crippen LogP contribution in [-0.2, 0) is 0 Å². The zero-order valence-corrected chi connectivity index (χ0v) is 11.6. The van der Waals surface area contributed by atoms with Crippen LogP contribution in [0.1, 0.15) is 0 Å². The van der Waals surface area contributed by atoms with Gasteiger partial charge in [0.25, 0.3) is 0 Å². The number of thiol groups is 1. The molecule has 1 nitrogen and oxygen atoms in total. The molecule has 2 aromatic carbocycles. The third kappa shape index (κ3) is 3.23. The van der Waals surface area contributed by atoms with E-state index in [-0.39, 0.29) is 0 Å². The first kappa shape index (κ1) is 12.9. The lowest BCUT2D eigenvalue weighted by molar-refractivity contribution is 0.482. The van der Waals surface area contributed by atoms with Crippen molar-refractivity contribution >= 4 is 47.4 Å². The lowest BCUT2D eigenvalue weighted by Gasteiger charge is -2.08. The standard InChI is InChI=1S/C12H7Cl3OS/c13-9-5-11(15)12(6-10(9)14)16-7-1-3-8(17)4-2-7/h1-6,17H. The first-order chi connectivity index (χ1) is 8.06. The van der Waals surface area contributed by atoms with Crippen molar-refractivity contribution < 1.29 is 4.74 Å². The van der Waals surface area contributed by atoms with Crippen LogP contribution in [0, 0.1) is 0 Å². The molecule has 0 saturated heterocycles. The number of hydrogen-bond acceptors (Lipinski definition) is 2. The van der Waals surface area contributed by atoms with Gasteiger partial charge in [0, 0.05) is 11.0 Å². The average Bonchev–Trinajstić information content (AvgIpc) is 2.29. The van der Waals surface area contributed by atoms with Crippen molar-refractivity contribution in [3.05, 3.63) is 51.5 Å². The Labute approximate surface area is 120 Å². The smallest absolute Gasteiger partial charge is 0.147 e. The highest BCUT2D eigenvalue weighted by atomic mass is 35.5. The number of hydrogen-bond donors (Lipinski definition) is 1. The molecule has 0 radical (unpaired) electrons. The Morgan fingerprint density at radius 2 is 1.41 bits per heavy atom. The summed E-state index contributed by atoms with van der Waals surface area (Å²) in [6.07, 6.45) is 0. The minimum atomic E-state index is 0.398. The maximum atomic E-state index is 6.00. The van der Waals surface area contributed by atoms with Crippen LogP contribution in [0.15, 0.2) is 41.3 Å². The molecule has 0 aromatic heterocycles. The zero-order chi connectivity index (χ0) is 12.4. The highest BCUT2D eigenvalue weighted by molar-refractivity contribution is 7.80. The molecule has 2 rings (SSSR count). The summed E-state index contributed by atoms with van der Waals surface area (Å²) in [5.74, 6) is 1.12. The molecule has 0 amide bonds. The Kier molecular flexibility index (Phi) is 4.10. The van der Waals surface area contributed by atoms with E-state index in [1.165, 1.54) is 0 Å². The molecule has 0 saturated carbocycles. The van der Waals surface area contributed by atoms with Crippen LogP contribution < -0.4 is 4.74 Å². The van der Waals surface area contributed by atoms with Gasteiger partial charge in [-0.1, -0.05) is 34.8 Å². The van der Waals surface area contributed by atoms with Crippen LogP contribution in [0.5, 0.6) is 11.5 Å². The Bertz CT molecular complexity index is 540. The second-order valence-corrected chi connectivity index (χ2v) is 5.03. The molecular weight excluding hydrogens is 299 g/mol. The molecule has 2 aromatic rings. The molecule has 5 heteroatoms. The van der Waals surface area contributed by atoms with E-state index in [9.17, 15) is 0 Å². The summed E-state index contributed by atoms with van der Waals surface area (Å²) < 4.78 is 5.59. The zero-order valence-electron chi connectivity index (χ0n) is 8.45. The summed E-state index contributed by atoms with van der Waals surface area (Å²) in [7, 11) is 0. The second kappa shape index (κ2) is 5.40. The first-order valence-corrected chi connectivity index (χ1v) is 6.26. The number of rotatable bonds is 2. The molecule has 0 spiro atoms. The van der Waals surface area contributed by atoms with Crippen molar-refractivity contribution in [1.82, 2.24) is 0 Å². The molecule has 0 aliphatic rings. The molecule has 0 atom stereocenters. The van der Waals surface area contributed by atoms with Gasteiger partial charge in [-0.2, -0.15) is 0 Å². The summed E-state index contributed by atoms with van der Waals surface area (Å²) in [6, 6.07) is 10.4. The predicted molar refractivity (Wildman–Crippen MR) is 75.2 cm³/mol. The minimum absolute atomic E-state index is 0.398. The van der Waals surface area contributed by atoms with Crippen LogP contribution >= 0.6 is 47.4 Å². The number of benzene rings is 2. The van der Waals surface area contributed by atoms with Crippen molar-refractivity contribution in [1.29, 1.82) is 0 Å². The van der Waals surface area contributed by atoms with Gasteiger partial charge in [0.1, 0.15) is 11.5 Å². The van der Waals surface area contributed by atoms with Crippen LogP contribution in [0.2, 0.25) is 15.1 Å². The van der Waals surface area contributed by atoms with Gasteiger partial charge < -0.3 is 4.74 Å². The summed E-state index contributed by atoms with van der Waals surface area (Å²) in [6.45, 7) is 0. The number of halogens is 3. The molecular formula is C12H7Cl3OS. The third-order valence-electron chi connectivity index (χ3n) is 2.04. The predicted octanol–water partition coefficient (Wildman–Crippen LogP) is 5.73. The average molecular weight is 306 g/mol. The Balaban J connectivity index is 2.30. The van der Waals surface area contributed by atoms with Crippen LogP contribution in [0.4, 0.5) is 0 Å². The van der Waals surface area contributed by atoms with Crippen molar-refractivity contribution in [3.8, 4) is 11.5 Å².